The molecule has 2 fully saturated rings. The molecule has 1 spiro atoms. The first kappa shape index (κ1) is 24.5. The number of nitrogens with zero attached hydrogens (tertiary/aromatic N) is 2. The molecule has 0 aromatic carbocycles. The van der Waals surface area contributed by atoms with Crippen LogP contribution in [0.4, 0.5) is 4.79 Å². The normalized spacial score (nSPS) is 30.4. The molecule has 2 saturated heterocycles. The average molecular weight is 459 g/mol. The van der Waals surface area contributed by atoms with Gasteiger partial charge in [0.15, 0.2) is 0 Å². The Morgan fingerprint density at radius 3 is 2.53 bits per heavy atom. The fraction of sp³-hybridized carbons (Fsp3) is 0.769. The van der Waals surface area contributed by atoms with Crippen LogP contribution in [-0.2, 0) is 23.4 Å². The van der Waals surface area contributed by atoms with E-state index in [0.29, 0.717) is 4.90 Å². The summed E-state index contributed by atoms with van der Waals surface area (Å²) >= 11 is 0. The largest absolute Gasteiger partial charge is 0.480 e. The van der Waals surface area contributed by atoms with Crippen LogP contribution in [0.15, 0.2) is 0 Å². The summed E-state index contributed by atoms with van der Waals surface area (Å²) in [7, 11) is -4.94. The molecule has 3 amide bonds. The molecule has 0 saturated carbocycles. The van der Waals surface area contributed by atoms with Gasteiger partial charge in [0.25, 0.3) is 11.6 Å². The van der Waals surface area contributed by atoms with Crippen molar-refractivity contribution in [2.75, 3.05) is 19.9 Å². The van der Waals surface area contributed by atoms with Gasteiger partial charge in [-0.3, -0.25) is 24.3 Å². The number of ether oxygens (including phenoxy) is 1. The van der Waals surface area contributed by atoms with Crippen LogP contribution in [0.5, 0.6) is 0 Å². The maximum absolute atomic E-state index is 12.7. The summed E-state index contributed by atoms with van der Waals surface area (Å²) in [6.45, 7) is -2.20. The number of carboxylic acids is 1. The summed E-state index contributed by atoms with van der Waals surface area (Å²) in [6.07, 6.45) is -5.75. The average Bonchev–Trinajstić information content (AvgIpc) is 3.03. The Balaban J connectivity index is 2.04. The number of hydrogen-bond donors (Lipinski definition) is 8. The highest BCUT2D eigenvalue weighted by Gasteiger charge is 2.65. The number of amides is 3. The molecule has 8 N–H and O–H groups in total. The number of carbonyl (C=O) groups excluding carboxylic acids is 2. The first-order valence-electron chi connectivity index (χ1n) is 8.51. The van der Waals surface area contributed by atoms with Crippen molar-refractivity contribution >= 4 is 25.7 Å². The number of phosphoric acid groups is 1. The summed E-state index contributed by atoms with van der Waals surface area (Å²) < 4.78 is 20.2. The predicted molar refractivity (Wildman–Crippen MR) is 89.2 cm³/mol. The van der Waals surface area contributed by atoms with Gasteiger partial charge in [0, 0.05) is 6.54 Å². The molecule has 2 aliphatic rings. The molecule has 0 aromatic heterocycles. The van der Waals surface area contributed by atoms with E-state index in [4.69, 9.17) is 24.7 Å². The third kappa shape index (κ3) is 4.94. The molecule has 17 heteroatoms. The Morgan fingerprint density at radius 1 is 1.37 bits per heavy atom. The minimum absolute atomic E-state index is 0.118. The zero-order valence-electron chi connectivity index (χ0n) is 15.3. The molecule has 0 radical (unpaired) electrons. The van der Waals surface area contributed by atoms with E-state index in [2.05, 4.69) is 9.84 Å². The zero-order chi connectivity index (χ0) is 22.9. The number of aliphatic carboxylic acids is 1. The third-order valence-corrected chi connectivity index (χ3v) is 5.10. The molecule has 0 bridgehead atoms. The molecule has 5 atom stereocenters. The van der Waals surface area contributed by atoms with Gasteiger partial charge < -0.3 is 40.2 Å². The van der Waals surface area contributed by atoms with Crippen LogP contribution in [0, 0.1) is 0 Å². The van der Waals surface area contributed by atoms with Crippen LogP contribution >= 0.6 is 7.82 Å². The van der Waals surface area contributed by atoms with Gasteiger partial charge in [0.1, 0.15) is 31.1 Å². The lowest BCUT2D eigenvalue weighted by atomic mass is 10.0. The summed E-state index contributed by atoms with van der Waals surface area (Å²) in [5.41, 5.74) is -2.42. The summed E-state index contributed by atoms with van der Waals surface area (Å²) in [4.78, 5) is 54.0. The lowest BCUT2D eigenvalue weighted by Gasteiger charge is -2.24. The van der Waals surface area contributed by atoms with E-state index in [-0.39, 0.29) is 24.4 Å². The minimum atomic E-state index is -4.94. The highest BCUT2D eigenvalue weighted by molar-refractivity contribution is 7.46. The van der Waals surface area contributed by atoms with E-state index in [9.17, 15) is 34.4 Å². The second-order valence-electron chi connectivity index (χ2n) is 6.58. The lowest BCUT2D eigenvalue weighted by molar-refractivity contribution is -0.191. The van der Waals surface area contributed by atoms with Gasteiger partial charge in [-0.1, -0.05) is 0 Å². The second kappa shape index (κ2) is 9.19. The number of carboxylic acid groups (broad SMARTS) is 1. The topological polar surface area (TPSA) is 247 Å². The van der Waals surface area contributed by atoms with Crippen LogP contribution in [0.25, 0.3) is 0 Å². The second-order valence-corrected chi connectivity index (χ2v) is 7.82. The molecule has 0 unspecified atom stereocenters. The summed E-state index contributed by atoms with van der Waals surface area (Å²) in [5.74, 6) is -2.57. The standard InChI is InChI=1S/C13H22N3O13P/c17-5-16(24)6(10(20)21)2-1-3-15-11(22)13(14-12(15)23)9(19)8(18)7(29-13)4-28-30(25,26)27/h6-9,17-19,24H,1-5H2,(H,14,23)(H,20,21)(H2,25,26,27)/t6-,7-,8-,9+,13+/m0/s1. The number of nitrogens with one attached hydrogen (secondary N) is 1. The Kier molecular flexibility index (Phi) is 7.52. The van der Waals surface area contributed by atoms with Crippen LogP contribution in [0.2, 0.25) is 0 Å². The molecule has 2 aliphatic heterocycles. The van der Waals surface area contributed by atoms with Crippen molar-refractivity contribution < 1.29 is 63.6 Å². The number of hydrogen-bond acceptors (Lipinski definition) is 11. The fourth-order valence-corrected chi connectivity index (χ4v) is 3.46. The van der Waals surface area contributed by atoms with Gasteiger partial charge in [0.05, 0.1) is 6.61 Å². The number of rotatable bonds is 10. The first-order chi connectivity index (χ1) is 13.8. The molecule has 2 rings (SSSR count). The smallest absolute Gasteiger partial charge is 0.469 e. The number of hydroxylamine groups is 2. The Labute approximate surface area is 168 Å². The maximum atomic E-state index is 12.7. The van der Waals surface area contributed by atoms with Crippen molar-refractivity contribution in [2.45, 2.75) is 42.9 Å². The van der Waals surface area contributed by atoms with Crippen molar-refractivity contribution in [1.82, 2.24) is 15.3 Å². The van der Waals surface area contributed by atoms with Crippen molar-refractivity contribution in [3.8, 4) is 0 Å². The summed E-state index contributed by atoms with van der Waals surface area (Å²) in [5, 5.41) is 49.6. The van der Waals surface area contributed by atoms with Gasteiger partial charge in [-0.25, -0.2) is 9.36 Å². The van der Waals surface area contributed by atoms with Crippen molar-refractivity contribution in [3.63, 3.8) is 0 Å². The van der Waals surface area contributed by atoms with E-state index in [1.54, 1.807) is 0 Å². The molecule has 16 nitrogen and oxygen atoms in total. The maximum Gasteiger partial charge on any atom is 0.469 e. The van der Waals surface area contributed by atoms with Gasteiger partial charge in [0.2, 0.25) is 0 Å². The van der Waals surface area contributed by atoms with E-state index < -0.39 is 69.1 Å². The predicted octanol–water partition coefficient (Wildman–Crippen LogP) is -3.66. The van der Waals surface area contributed by atoms with Crippen LogP contribution in [0.3, 0.4) is 0 Å². The quantitative estimate of drug-likeness (QED) is 0.0679. The minimum Gasteiger partial charge on any atom is -0.480 e. The van der Waals surface area contributed by atoms with Crippen LogP contribution in [-0.4, -0.2) is 113 Å². The number of urea groups is 1. The number of phosphoric ester groups is 1. The van der Waals surface area contributed by atoms with Crippen LogP contribution in [0.1, 0.15) is 12.8 Å². The molecule has 0 aromatic rings. The molecular formula is C13H22N3O13P. The van der Waals surface area contributed by atoms with Gasteiger partial charge in [-0.15, -0.1) is 0 Å². The number of carbonyl (C=O) groups is 3. The van der Waals surface area contributed by atoms with Crippen LogP contribution < -0.4 is 5.32 Å². The Morgan fingerprint density at radius 2 is 2.00 bits per heavy atom. The lowest BCUT2D eigenvalue weighted by Crippen LogP contribution is -2.56. The molecular weight excluding hydrogens is 437 g/mol. The number of aliphatic hydroxyl groups excluding tert-OH is 3. The fourth-order valence-electron chi connectivity index (χ4n) is 3.12. The van der Waals surface area contributed by atoms with E-state index in [1.165, 1.54) is 0 Å². The van der Waals surface area contributed by atoms with E-state index in [1.807, 2.05) is 0 Å². The molecule has 30 heavy (non-hydrogen) atoms. The van der Waals surface area contributed by atoms with Crippen molar-refractivity contribution in [2.24, 2.45) is 0 Å². The summed E-state index contributed by atoms with van der Waals surface area (Å²) in [6, 6.07) is -2.54. The highest BCUT2D eigenvalue weighted by Crippen LogP contribution is 2.39. The van der Waals surface area contributed by atoms with E-state index in [0.717, 1.165) is 0 Å². The number of imide groups is 1. The van der Waals surface area contributed by atoms with Gasteiger partial charge >= 0.3 is 19.8 Å². The highest BCUT2D eigenvalue weighted by atomic mass is 31.2. The van der Waals surface area contributed by atoms with Gasteiger partial charge in [-0.05, 0) is 12.8 Å². The molecule has 172 valence electrons. The van der Waals surface area contributed by atoms with Crippen molar-refractivity contribution in [3.05, 3.63) is 0 Å². The SMILES string of the molecule is O=C(O)[C@H](CCCN1C(=O)N[C@]2(O[C@@H](COP(=O)(O)O)[C@H](O)[C@H]2O)C1=O)N(O)CO. The van der Waals surface area contributed by atoms with Crippen molar-refractivity contribution in [1.29, 1.82) is 0 Å². The zero-order valence-corrected chi connectivity index (χ0v) is 16.2. The van der Waals surface area contributed by atoms with Gasteiger partial charge in [-0.2, -0.15) is 5.06 Å². The number of aliphatic hydroxyl groups is 3. The third-order valence-electron chi connectivity index (χ3n) is 4.61. The monoisotopic (exact) mass is 459 g/mol. The Bertz CT molecular complexity index is 731. The molecule has 2 heterocycles. The Hall–Kier alpha value is -1.72. The first-order valence-corrected chi connectivity index (χ1v) is 10.0. The molecule has 0 aliphatic carbocycles. The van der Waals surface area contributed by atoms with E-state index >= 15 is 0 Å².